The number of likely N-dealkylation sites (tertiary alicyclic amines) is 1. The van der Waals surface area contributed by atoms with Crippen molar-refractivity contribution >= 4 is 17.4 Å². The van der Waals surface area contributed by atoms with E-state index in [4.69, 9.17) is 0 Å². The molecule has 1 amide bonds. The number of rotatable bonds is 4. The fraction of sp³-hybridized carbons (Fsp3) is 0.348. The van der Waals surface area contributed by atoms with Crippen molar-refractivity contribution in [1.82, 2.24) is 9.88 Å². The Morgan fingerprint density at radius 2 is 1.82 bits per heavy atom. The molecule has 144 valence electrons. The summed E-state index contributed by atoms with van der Waals surface area (Å²) in [6, 6.07) is 8.86. The minimum atomic E-state index is -0.620. The number of hydrogen-bond donors (Lipinski definition) is 1. The lowest BCUT2D eigenvalue weighted by Crippen LogP contribution is -2.30. The quantitative estimate of drug-likeness (QED) is 0.501. The third kappa shape index (κ3) is 3.11. The van der Waals surface area contributed by atoms with E-state index in [0.29, 0.717) is 12.1 Å². The summed E-state index contributed by atoms with van der Waals surface area (Å²) >= 11 is 0. The highest BCUT2D eigenvalue weighted by Crippen LogP contribution is 2.39. The number of aromatic nitrogens is 1. The van der Waals surface area contributed by atoms with E-state index in [0.717, 1.165) is 31.2 Å². The molecule has 1 aliphatic carbocycles. The highest BCUT2D eigenvalue weighted by atomic mass is 16.3. The number of ketones is 1. The van der Waals surface area contributed by atoms with Crippen LogP contribution in [0.5, 0.6) is 0 Å². The molecule has 0 radical (unpaired) electrons. The second kappa shape index (κ2) is 7.58. The van der Waals surface area contributed by atoms with E-state index in [9.17, 15) is 14.7 Å². The molecular formula is C23H24N2O3. The smallest absolute Gasteiger partial charge is 0.295 e. The average molecular weight is 376 g/mol. The second-order valence-corrected chi connectivity index (χ2v) is 7.46. The molecule has 0 spiro atoms. The van der Waals surface area contributed by atoms with Gasteiger partial charge in [0.05, 0.1) is 11.6 Å². The van der Waals surface area contributed by atoms with Crippen molar-refractivity contribution in [3.63, 3.8) is 0 Å². The third-order valence-corrected chi connectivity index (χ3v) is 5.65. The van der Waals surface area contributed by atoms with Gasteiger partial charge in [0.1, 0.15) is 5.76 Å². The Kier molecular flexibility index (Phi) is 4.99. The van der Waals surface area contributed by atoms with Crippen molar-refractivity contribution in [2.45, 2.75) is 45.1 Å². The Balaban J connectivity index is 1.84. The third-order valence-electron chi connectivity index (χ3n) is 5.65. The second-order valence-electron chi connectivity index (χ2n) is 7.46. The summed E-state index contributed by atoms with van der Waals surface area (Å²) in [6.07, 6.45) is 8.36. The van der Waals surface area contributed by atoms with Gasteiger partial charge in [0.2, 0.25) is 0 Å². The topological polar surface area (TPSA) is 70.5 Å². The number of carbonyl (C=O) groups is 2. The predicted octanol–water partition coefficient (Wildman–Crippen LogP) is 3.79. The molecule has 0 saturated carbocycles. The van der Waals surface area contributed by atoms with Crippen LogP contribution < -0.4 is 0 Å². The van der Waals surface area contributed by atoms with Gasteiger partial charge in [-0.2, -0.15) is 0 Å². The van der Waals surface area contributed by atoms with Crippen LogP contribution >= 0.6 is 0 Å². The first kappa shape index (κ1) is 18.4. The van der Waals surface area contributed by atoms with Crippen molar-refractivity contribution in [2.24, 2.45) is 0 Å². The SMILES string of the molecule is CCCN1C(=O)C(=O)/C(=C(\O)c2ccc3c(c2)CCCC3)C1c1ccncc1. The molecule has 1 fully saturated rings. The van der Waals surface area contributed by atoms with E-state index in [2.05, 4.69) is 4.98 Å². The minimum Gasteiger partial charge on any atom is -0.507 e. The number of pyridine rings is 1. The number of aliphatic hydroxyl groups excluding tert-OH is 1. The minimum absolute atomic E-state index is 0.0906. The number of aryl methyl sites for hydroxylation is 2. The van der Waals surface area contributed by atoms with E-state index in [1.807, 2.05) is 25.1 Å². The Morgan fingerprint density at radius 3 is 2.54 bits per heavy atom. The summed E-state index contributed by atoms with van der Waals surface area (Å²) in [5, 5.41) is 11.1. The van der Waals surface area contributed by atoms with Crippen molar-refractivity contribution in [2.75, 3.05) is 6.54 Å². The van der Waals surface area contributed by atoms with Crippen LogP contribution in [0.25, 0.3) is 5.76 Å². The molecule has 5 heteroatoms. The number of Topliss-reactive ketones (excluding diaryl/α,β-unsaturated/α-hetero) is 1. The molecule has 1 unspecified atom stereocenters. The standard InChI is InChI=1S/C23H24N2O3/c1-2-13-25-20(16-9-11-24-12-10-16)19(22(27)23(25)28)21(26)18-8-7-15-5-3-4-6-17(15)14-18/h7-12,14,20,26H,2-6,13H2,1H3/b21-19-. The van der Waals surface area contributed by atoms with Crippen LogP contribution in [0.2, 0.25) is 0 Å². The van der Waals surface area contributed by atoms with E-state index >= 15 is 0 Å². The maximum Gasteiger partial charge on any atom is 0.295 e. The molecule has 5 nitrogen and oxygen atoms in total. The fourth-order valence-corrected chi connectivity index (χ4v) is 4.28. The summed E-state index contributed by atoms with van der Waals surface area (Å²) in [4.78, 5) is 31.1. The lowest BCUT2D eigenvalue weighted by atomic mass is 9.89. The molecule has 1 saturated heterocycles. The van der Waals surface area contributed by atoms with Crippen molar-refractivity contribution in [3.8, 4) is 0 Å². The Morgan fingerprint density at radius 1 is 1.11 bits per heavy atom. The van der Waals surface area contributed by atoms with Crippen LogP contribution in [0.15, 0.2) is 48.3 Å². The molecule has 0 bridgehead atoms. The zero-order chi connectivity index (χ0) is 19.7. The molecule has 1 aromatic carbocycles. The first-order valence-electron chi connectivity index (χ1n) is 9.92. The highest BCUT2D eigenvalue weighted by Gasteiger charge is 2.45. The molecule has 4 rings (SSSR count). The van der Waals surface area contributed by atoms with Gasteiger partial charge in [0.25, 0.3) is 11.7 Å². The number of amides is 1. The van der Waals surface area contributed by atoms with E-state index in [-0.39, 0.29) is 11.3 Å². The van der Waals surface area contributed by atoms with Gasteiger partial charge in [-0.05, 0) is 67.0 Å². The molecule has 2 heterocycles. The molecule has 1 atom stereocenters. The summed E-state index contributed by atoms with van der Waals surface area (Å²) in [6.45, 7) is 2.42. The van der Waals surface area contributed by atoms with Crippen LogP contribution in [0.1, 0.15) is 54.5 Å². The molecule has 1 aliphatic heterocycles. The van der Waals surface area contributed by atoms with Crippen LogP contribution in [0.3, 0.4) is 0 Å². The monoisotopic (exact) mass is 376 g/mol. The van der Waals surface area contributed by atoms with Gasteiger partial charge in [-0.25, -0.2) is 0 Å². The van der Waals surface area contributed by atoms with E-state index < -0.39 is 17.7 Å². The lowest BCUT2D eigenvalue weighted by molar-refractivity contribution is -0.139. The van der Waals surface area contributed by atoms with Crippen LogP contribution in [0, 0.1) is 0 Å². The average Bonchev–Trinajstić information content (AvgIpc) is 2.99. The zero-order valence-electron chi connectivity index (χ0n) is 16.0. The molecule has 2 aliphatic rings. The number of aliphatic hydroxyl groups is 1. The molecule has 2 aromatic rings. The Bertz CT molecular complexity index is 950. The van der Waals surface area contributed by atoms with Gasteiger partial charge >= 0.3 is 0 Å². The highest BCUT2D eigenvalue weighted by molar-refractivity contribution is 6.46. The van der Waals surface area contributed by atoms with Crippen molar-refractivity contribution in [3.05, 3.63) is 70.6 Å². The van der Waals surface area contributed by atoms with Gasteiger partial charge in [0, 0.05) is 24.5 Å². The maximum atomic E-state index is 12.9. The van der Waals surface area contributed by atoms with Gasteiger partial charge in [-0.15, -0.1) is 0 Å². The largest absolute Gasteiger partial charge is 0.507 e. The molecular weight excluding hydrogens is 352 g/mol. The maximum absolute atomic E-state index is 12.9. The van der Waals surface area contributed by atoms with Crippen LogP contribution in [0.4, 0.5) is 0 Å². The summed E-state index contributed by atoms with van der Waals surface area (Å²) in [5.41, 5.74) is 4.08. The van der Waals surface area contributed by atoms with E-state index in [1.165, 1.54) is 17.5 Å². The first-order valence-corrected chi connectivity index (χ1v) is 9.92. The summed E-state index contributed by atoms with van der Waals surface area (Å²) < 4.78 is 0. The molecule has 28 heavy (non-hydrogen) atoms. The number of nitrogens with zero attached hydrogens (tertiary/aromatic N) is 2. The summed E-state index contributed by atoms with van der Waals surface area (Å²) in [7, 11) is 0. The number of hydrogen-bond acceptors (Lipinski definition) is 4. The van der Waals surface area contributed by atoms with E-state index in [1.54, 1.807) is 29.4 Å². The van der Waals surface area contributed by atoms with Crippen molar-refractivity contribution < 1.29 is 14.7 Å². The van der Waals surface area contributed by atoms with Crippen LogP contribution in [-0.2, 0) is 22.4 Å². The number of benzene rings is 1. The van der Waals surface area contributed by atoms with Crippen molar-refractivity contribution in [1.29, 1.82) is 0 Å². The lowest BCUT2D eigenvalue weighted by Gasteiger charge is -2.24. The Hall–Kier alpha value is -2.95. The Labute approximate surface area is 164 Å². The van der Waals surface area contributed by atoms with Gasteiger partial charge < -0.3 is 10.0 Å². The zero-order valence-corrected chi connectivity index (χ0v) is 16.0. The fourth-order valence-electron chi connectivity index (χ4n) is 4.28. The molecule has 1 aromatic heterocycles. The number of fused-ring (bicyclic) bond motifs is 1. The molecule has 1 N–H and O–H groups in total. The van der Waals surface area contributed by atoms with Crippen LogP contribution in [-0.4, -0.2) is 33.2 Å². The van der Waals surface area contributed by atoms with Gasteiger partial charge in [0.15, 0.2) is 0 Å². The number of carbonyl (C=O) groups excluding carboxylic acids is 2. The summed E-state index contributed by atoms with van der Waals surface area (Å²) in [5.74, 6) is -1.26. The van der Waals surface area contributed by atoms with Gasteiger partial charge in [-0.3, -0.25) is 14.6 Å². The van der Waals surface area contributed by atoms with Gasteiger partial charge in [-0.1, -0.05) is 19.1 Å². The predicted molar refractivity (Wildman–Crippen MR) is 107 cm³/mol. The first-order chi connectivity index (χ1) is 13.6. The normalized spacial score (nSPS) is 21.0.